The van der Waals surface area contributed by atoms with E-state index in [0.29, 0.717) is 19.6 Å². The van der Waals surface area contributed by atoms with E-state index in [1.807, 2.05) is 6.92 Å². The lowest BCUT2D eigenvalue weighted by Gasteiger charge is -2.39. The third kappa shape index (κ3) is 3.70. The summed E-state index contributed by atoms with van der Waals surface area (Å²) >= 11 is 0. The van der Waals surface area contributed by atoms with Crippen LogP contribution in [0.5, 0.6) is 0 Å². The molecule has 1 aliphatic rings. The van der Waals surface area contributed by atoms with Crippen molar-refractivity contribution in [3.63, 3.8) is 0 Å². The molecule has 1 saturated heterocycles. The van der Waals surface area contributed by atoms with Crippen molar-refractivity contribution in [3.8, 4) is 0 Å². The molecule has 2 amide bonds. The zero-order chi connectivity index (χ0) is 13.6. The Hall–Kier alpha value is -1.10. The van der Waals surface area contributed by atoms with Crippen molar-refractivity contribution in [3.05, 3.63) is 0 Å². The first-order valence-electron chi connectivity index (χ1n) is 6.71. The fourth-order valence-electron chi connectivity index (χ4n) is 2.02. The molecule has 5 heteroatoms. The van der Waals surface area contributed by atoms with Crippen LogP contribution in [0, 0.1) is 0 Å². The van der Waals surface area contributed by atoms with Gasteiger partial charge in [0.1, 0.15) is 5.54 Å². The molecule has 0 aliphatic carbocycles. The van der Waals surface area contributed by atoms with Gasteiger partial charge in [0.05, 0.1) is 6.54 Å². The lowest BCUT2D eigenvalue weighted by atomic mass is 9.94. The summed E-state index contributed by atoms with van der Waals surface area (Å²) in [6.07, 6.45) is 2.39. The highest BCUT2D eigenvalue weighted by Gasteiger charge is 2.41. The van der Waals surface area contributed by atoms with Gasteiger partial charge >= 0.3 is 0 Å². The van der Waals surface area contributed by atoms with Gasteiger partial charge in [-0.2, -0.15) is 0 Å². The van der Waals surface area contributed by atoms with Crippen molar-refractivity contribution >= 4 is 11.8 Å². The minimum atomic E-state index is -0.736. The molecule has 1 heterocycles. The summed E-state index contributed by atoms with van der Waals surface area (Å²) in [4.78, 5) is 25.4. The number of amides is 2. The van der Waals surface area contributed by atoms with Crippen molar-refractivity contribution in [2.75, 3.05) is 26.3 Å². The number of piperazine rings is 1. The summed E-state index contributed by atoms with van der Waals surface area (Å²) in [6, 6.07) is 0. The molecule has 18 heavy (non-hydrogen) atoms. The number of rotatable bonds is 7. The summed E-state index contributed by atoms with van der Waals surface area (Å²) in [5.74, 6) is -0.0616. The van der Waals surface area contributed by atoms with Crippen molar-refractivity contribution in [2.45, 2.75) is 45.6 Å². The Labute approximate surface area is 109 Å². The topological polar surface area (TPSA) is 58.6 Å². The fraction of sp³-hybridized carbons (Fsp3) is 0.846. The molecule has 1 fully saturated rings. The van der Waals surface area contributed by atoms with Crippen LogP contribution >= 0.6 is 0 Å². The maximum Gasteiger partial charge on any atom is 0.248 e. The van der Waals surface area contributed by atoms with Gasteiger partial charge in [-0.05, 0) is 26.2 Å². The lowest BCUT2D eigenvalue weighted by Crippen LogP contribution is -2.65. The highest BCUT2D eigenvalue weighted by Crippen LogP contribution is 2.17. The Morgan fingerprint density at radius 1 is 1.33 bits per heavy atom. The lowest BCUT2D eigenvalue weighted by molar-refractivity contribution is -0.149. The summed E-state index contributed by atoms with van der Waals surface area (Å²) in [7, 11) is 0. The van der Waals surface area contributed by atoms with Crippen molar-refractivity contribution in [1.29, 1.82) is 0 Å². The highest BCUT2D eigenvalue weighted by molar-refractivity contribution is 5.97. The molecule has 5 nitrogen and oxygen atoms in total. The van der Waals surface area contributed by atoms with Crippen molar-refractivity contribution in [2.24, 2.45) is 0 Å². The van der Waals surface area contributed by atoms with E-state index < -0.39 is 5.54 Å². The van der Waals surface area contributed by atoms with Crippen LogP contribution in [-0.2, 0) is 14.3 Å². The van der Waals surface area contributed by atoms with E-state index in [9.17, 15) is 9.59 Å². The van der Waals surface area contributed by atoms with E-state index in [4.69, 9.17) is 4.74 Å². The molecular weight excluding hydrogens is 232 g/mol. The van der Waals surface area contributed by atoms with Crippen LogP contribution in [0.15, 0.2) is 0 Å². The predicted molar refractivity (Wildman–Crippen MR) is 69.1 cm³/mol. The van der Waals surface area contributed by atoms with Gasteiger partial charge in [-0.1, -0.05) is 13.8 Å². The van der Waals surface area contributed by atoms with Gasteiger partial charge in [-0.25, -0.2) is 0 Å². The summed E-state index contributed by atoms with van der Waals surface area (Å²) in [6.45, 7) is 7.90. The molecule has 0 bridgehead atoms. The minimum absolute atomic E-state index is 0.0140. The third-order valence-corrected chi connectivity index (χ3v) is 3.28. The Morgan fingerprint density at radius 2 is 2.06 bits per heavy atom. The Bertz CT molecular complexity index is 307. The van der Waals surface area contributed by atoms with Crippen LogP contribution in [0.3, 0.4) is 0 Å². The van der Waals surface area contributed by atoms with Crippen LogP contribution in [-0.4, -0.2) is 48.6 Å². The Balaban J connectivity index is 2.44. The second kappa shape index (κ2) is 6.73. The first-order valence-corrected chi connectivity index (χ1v) is 6.71. The average molecular weight is 256 g/mol. The second-order valence-electron chi connectivity index (χ2n) is 4.93. The standard InChI is InChI=1S/C13H24N2O3/c1-4-8-18-9-6-7-15-10-11(16)14-13(3,5-2)12(15)17/h4-10H2,1-3H3,(H,14,16). The van der Waals surface area contributed by atoms with Gasteiger partial charge in [0.15, 0.2) is 0 Å². The molecule has 1 unspecified atom stereocenters. The van der Waals surface area contributed by atoms with Crippen LogP contribution in [0.25, 0.3) is 0 Å². The number of nitrogens with one attached hydrogen (secondary N) is 1. The van der Waals surface area contributed by atoms with Crippen molar-refractivity contribution < 1.29 is 14.3 Å². The van der Waals surface area contributed by atoms with E-state index >= 15 is 0 Å². The van der Waals surface area contributed by atoms with Crippen molar-refractivity contribution in [1.82, 2.24) is 10.2 Å². The molecule has 1 rings (SSSR count). The summed E-state index contributed by atoms with van der Waals surface area (Å²) < 4.78 is 5.38. The Kier molecular flexibility index (Phi) is 5.59. The maximum absolute atomic E-state index is 12.2. The zero-order valence-electron chi connectivity index (χ0n) is 11.6. The molecule has 104 valence electrons. The van der Waals surface area contributed by atoms with Crippen LogP contribution < -0.4 is 5.32 Å². The largest absolute Gasteiger partial charge is 0.381 e. The fourth-order valence-corrected chi connectivity index (χ4v) is 2.02. The normalized spacial score (nSPS) is 24.3. The second-order valence-corrected chi connectivity index (χ2v) is 4.93. The molecule has 1 aliphatic heterocycles. The van der Waals surface area contributed by atoms with Gasteiger partial charge in [0.2, 0.25) is 11.8 Å². The first-order chi connectivity index (χ1) is 8.53. The average Bonchev–Trinajstić information content (AvgIpc) is 2.34. The number of carbonyl (C=O) groups is 2. The van der Waals surface area contributed by atoms with Gasteiger partial charge in [0.25, 0.3) is 0 Å². The molecule has 0 aromatic heterocycles. The first kappa shape index (κ1) is 15.0. The molecule has 0 radical (unpaired) electrons. The molecule has 0 saturated carbocycles. The number of hydrogen-bond donors (Lipinski definition) is 1. The van der Waals surface area contributed by atoms with Gasteiger partial charge in [-0.15, -0.1) is 0 Å². The molecule has 0 aromatic rings. The van der Waals surface area contributed by atoms with Gasteiger partial charge in [-0.3, -0.25) is 9.59 Å². The predicted octanol–water partition coefficient (Wildman–Crippen LogP) is 0.930. The van der Waals surface area contributed by atoms with Crippen LogP contribution in [0.4, 0.5) is 0 Å². The van der Waals surface area contributed by atoms with E-state index in [0.717, 1.165) is 19.4 Å². The summed E-state index contributed by atoms with van der Waals surface area (Å²) in [5, 5.41) is 2.77. The number of hydrogen-bond acceptors (Lipinski definition) is 3. The Morgan fingerprint density at radius 3 is 2.67 bits per heavy atom. The van der Waals surface area contributed by atoms with E-state index in [2.05, 4.69) is 12.2 Å². The summed E-state index contributed by atoms with van der Waals surface area (Å²) in [5.41, 5.74) is -0.736. The number of carbonyl (C=O) groups excluding carboxylic acids is 2. The molecule has 0 spiro atoms. The molecule has 0 aromatic carbocycles. The maximum atomic E-state index is 12.2. The third-order valence-electron chi connectivity index (χ3n) is 3.28. The quantitative estimate of drug-likeness (QED) is 0.689. The molecule has 1 N–H and O–H groups in total. The zero-order valence-corrected chi connectivity index (χ0v) is 11.6. The molecular formula is C13H24N2O3. The van der Waals surface area contributed by atoms with Crippen LogP contribution in [0.1, 0.15) is 40.0 Å². The van der Waals surface area contributed by atoms with Gasteiger partial charge < -0.3 is 15.0 Å². The van der Waals surface area contributed by atoms with E-state index in [-0.39, 0.29) is 18.4 Å². The SMILES string of the molecule is CCCOCCCN1CC(=O)NC(C)(CC)C1=O. The molecule has 1 atom stereocenters. The van der Waals surface area contributed by atoms with E-state index in [1.165, 1.54) is 0 Å². The highest BCUT2D eigenvalue weighted by atomic mass is 16.5. The van der Waals surface area contributed by atoms with E-state index in [1.54, 1.807) is 11.8 Å². The number of nitrogens with zero attached hydrogens (tertiary/aromatic N) is 1. The number of ether oxygens (including phenoxy) is 1. The minimum Gasteiger partial charge on any atom is -0.381 e. The smallest absolute Gasteiger partial charge is 0.248 e. The van der Waals surface area contributed by atoms with Gasteiger partial charge in [0, 0.05) is 19.8 Å². The van der Waals surface area contributed by atoms with Crippen LogP contribution in [0.2, 0.25) is 0 Å². The monoisotopic (exact) mass is 256 g/mol.